The largest absolute Gasteiger partial charge is 0.341 e. The van der Waals surface area contributed by atoms with Crippen molar-refractivity contribution in [2.24, 2.45) is 11.8 Å². The third-order valence-electron chi connectivity index (χ3n) is 4.31. The fourth-order valence-corrected chi connectivity index (χ4v) is 4.01. The molecule has 0 radical (unpaired) electrons. The van der Waals surface area contributed by atoms with Gasteiger partial charge in [0.1, 0.15) is 5.82 Å². The van der Waals surface area contributed by atoms with Gasteiger partial charge in [0.2, 0.25) is 11.1 Å². The van der Waals surface area contributed by atoms with Gasteiger partial charge in [-0.15, -0.1) is 10.2 Å². The summed E-state index contributed by atoms with van der Waals surface area (Å²) >= 11 is 1.27. The second-order valence-corrected chi connectivity index (χ2v) is 7.66. The van der Waals surface area contributed by atoms with E-state index >= 15 is 0 Å². The first kappa shape index (κ1) is 17.7. The highest BCUT2D eigenvalue weighted by molar-refractivity contribution is 7.99. The minimum absolute atomic E-state index is 0.0923. The minimum Gasteiger partial charge on any atom is -0.341 e. The van der Waals surface area contributed by atoms with Gasteiger partial charge in [-0.25, -0.2) is 9.07 Å². The second-order valence-electron chi connectivity index (χ2n) is 6.72. The number of carbonyl (C=O) groups is 1. The Morgan fingerprint density at radius 3 is 2.52 bits per heavy atom. The Balaban J connectivity index is 1.64. The van der Waals surface area contributed by atoms with E-state index in [1.807, 2.05) is 4.90 Å². The molecule has 1 fully saturated rings. The average Bonchev–Trinajstić information content (AvgIpc) is 2.93. The number of piperidine rings is 1. The van der Waals surface area contributed by atoms with Crippen molar-refractivity contribution in [3.63, 3.8) is 0 Å². The van der Waals surface area contributed by atoms with Crippen LogP contribution < -0.4 is 5.84 Å². The molecule has 0 saturated carbocycles. The highest BCUT2D eigenvalue weighted by atomic mass is 32.2. The number of likely N-dealkylation sites (tertiary alicyclic amines) is 1. The number of thioether (sulfide) groups is 1. The summed E-state index contributed by atoms with van der Waals surface area (Å²) in [6.45, 7) is 5.96. The summed E-state index contributed by atoms with van der Waals surface area (Å²) in [6, 6.07) is 5.88. The quantitative estimate of drug-likeness (QED) is 0.667. The number of nitrogens with two attached hydrogens (primary N) is 1. The lowest BCUT2D eigenvalue weighted by atomic mass is 9.92. The van der Waals surface area contributed by atoms with Crippen LogP contribution in [0.15, 0.2) is 29.4 Å². The van der Waals surface area contributed by atoms with Gasteiger partial charge in [0, 0.05) is 18.7 Å². The summed E-state index contributed by atoms with van der Waals surface area (Å²) in [4.78, 5) is 14.4. The number of aromatic nitrogens is 3. The second kappa shape index (κ2) is 7.43. The molecule has 1 saturated heterocycles. The molecule has 2 heterocycles. The molecular weight excluding hydrogens is 341 g/mol. The van der Waals surface area contributed by atoms with Crippen molar-refractivity contribution in [1.82, 2.24) is 19.8 Å². The first-order valence-electron chi connectivity index (χ1n) is 8.31. The third kappa shape index (κ3) is 4.12. The van der Waals surface area contributed by atoms with Crippen LogP contribution in [0.25, 0.3) is 11.4 Å². The zero-order valence-electron chi connectivity index (χ0n) is 14.4. The van der Waals surface area contributed by atoms with Gasteiger partial charge < -0.3 is 10.7 Å². The molecular formula is C17H22FN5OS. The highest BCUT2D eigenvalue weighted by Gasteiger charge is 2.25. The van der Waals surface area contributed by atoms with Crippen LogP contribution in [0.3, 0.4) is 0 Å². The Labute approximate surface area is 150 Å². The molecule has 2 unspecified atom stereocenters. The Kier molecular flexibility index (Phi) is 5.27. The van der Waals surface area contributed by atoms with Crippen molar-refractivity contribution in [3.8, 4) is 11.4 Å². The van der Waals surface area contributed by atoms with E-state index in [9.17, 15) is 9.18 Å². The number of benzene rings is 1. The zero-order valence-corrected chi connectivity index (χ0v) is 15.2. The SMILES string of the molecule is CC1CC(C)CN(C(=O)CSc2nnc(-c3ccc(F)cc3)n2N)C1. The van der Waals surface area contributed by atoms with Gasteiger partial charge in [-0.3, -0.25) is 4.79 Å². The van der Waals surface area contributed by atoms with Crippen molar-refractivity contribution >= 4 is 17.7 Å². The molecule has 0 spiro atoms. The van der Waals surface area contributed by atoms with Gasteiger partial charge in [0.15, 0.2) is 5.82 Å². The third-order valence-corrected chi connectivity index (χ3v) is 5.24. The number of nitrogen functional groups attached to an aromatic ring is 1. The molecule has 0 bridgehead atoms. The first-order valence-corrected chi connectivity index (χ1v) is 9.29. The minimum atomic E-state index is -0.322. The molecule has 2 aromatic rings. The van der Waals surface area contributed by atoms with Crippen molar-refractivity contribution < 1.29 is 9.18 Å². The van der Waals surface area contributed by atoms with Gasteiger partial charge in [-0.1, -0.05) is 25.6 Å². The van der Waals surface area contributed by atoms with E-state index in [-0.39, 0.29) is 17.5 Å². The molecule has 1 aliphatic rings. The lowest BCUT2D eigenvalue weighted by Crippen LogP contribution is -2.43. The Morgan fingerprint density at radius 2 is 1.88 bits per heavy atom. The molecule has 2 N–H and O–H groups in total. The van der Waals surface area contributed by atoms with Gasteiger partial charge in [-0.05, 0) is 42.5 Å². The number of halogens is 1. The van der Waals surface area contributed by atoms with Crippen molar-refractivity contribution in [1.29, 1.82) is 0 Å². The maximum atomic E-state index is 13.0. The normalized spacial score (nSPS) is 20.7. The number of carbonyl (C=O) groups excluding carboxylic acids is 1. The molecule has 2 atom stereocenters. The monoisotopic (exact) mass is 363 g/mol. The fourth-order valence-electron chi connectivity index (χ4n) is 3.26. The predicted molar refractivity (Wildman–Crippen MR) is 95.8 cm³/mol. The molecule has 1 amide bonds. The smallest absolute Gasteiger partial charge is 0.233 e. The van der Waals surface area contributed by atoms with Crippen LogP contribution in [0.4, 0.5) is 4.39 Å². The summed E-state index contributed by atoms with van der Waals surface area (Å²) in [5.41, 5.74) is 0.674. The van der Waals surface area contributed by atoms with E-state index in [1.54, 1.807) is 12.1 Å². The molecule has 1 aliphatic heterocycles. The molecule has 0 aliphatic carbocycles. The zero-order chi connectivity index (χ0) is 18.0. The molecule has 8 heteroatoms. The van der Waals surface area contributed by atoms with E-state index in [4.69, 9.17) is 5.84 Å². The standard InChI is InChI=1S/C17H22FN5OS/c1-11-7-12(2)9-22(8-11)15(24)10-25-17-21-20-16(23(17)19)13-3-5-14(18)6-4-13/h3-6,11-12H,7-10,19H2,1-2H3. The summed E-state index contributed by atoms with van der Waals surface area (Å²) in [5.74, 6) is 7.58. The van der Waals surface area contributed by atoms with Gasteiger partial charge >= 0.3 is 0 Å². The first-order chi connectivity index (χ1) is 11.9. The molecule has 25 heavy (non-hydrogen) atoms. The number of rotatable bonds is 4. The Morgan fingerprint density at radius 1 is 1.24 bits per heavy atom. The summed E-state index contributed by atoms with van der Waals surface area (Å²) in [6.07, 6.45) is 1.16. The maximum Gasteiger partial charge on any atom is 0.233 e. The van der Waals surface area contributed by atoms with Crippen LogP contribution >= 0.6 is 11.8 Å². The van der Waals surface area contributed by atoms with Gasteiger partial charge in [0.25, 0.3) is 0 Å². The van der Waals surface area contributed by atoms with E-state index in [0.717, 1.165) is 19.5 Å². The van der Waals surface area contributed by atoms with Crippen LogP contribution in [0.5, 0.6) is 0 Å². The molecule has 3 rings (SSSR count). The highest BCUT2D eigenvalue weighted by Crippen LogP contribution is 2.24. The van der Waals surface area contributed by atoms with Crippen LogP contribution in [-0.2, 0) is 4.79 Å². The van der Waals surface area contributed by atoms with Crippen molar-refractivity contribution in [3.05, 3.63) is 30.1 Å². The van der Waals surface area contributed by atoms with Crippen molar-refractivity contribution in [2.45, 2.75) is 25.4 Å². The van der Waals surface area contributed by atoms with E-state index in [1.165, 1.54) is 28.6 Å². The average molecular weight is 363 g/mol. The predicted octanol–water partition coefficient (Wildman–Crippen LogP) is 2.39. The van der Waals surface area contributed by atoms with Crippen LogP contribution in [-0.4, -0.2) is 44.5 Å². The van der Waals surface area contributed by atoms with Gasteiger partial charge in [0.05, 0.1) is 5.75 Å². The van der Waals surface area contributed by atoms with Crippen LogP contribution in [0.2, 0.25) is 0 Å². The Bertz CT molecular complexity index is 738. The lowest BCUT2D eigenvalue weighted by molar-refractivity contribution is -0.130. The Hall–Kier alpha value is -2.09. The van der Waals surface area contributed by atoms with Crippen LogP contribution in [0.1, 0.15) is 20.3 Å². The topological polar surface area (TPSA) is 77.0 Å². The molecule has 1 aromatic heterocycles. The number of nitrogens with zero attached hydrogens (tertiary/aromatic N) is 4. The number of amides is 1. The summed E-state index contributed by atoms with van der Waals surface area (Å²) in [5, 5.41) is 8.56. The van der Waals surface area contributed by atoms with E-state index in [0.29, 0.717) is 28.4 Å². The number of hydrogen-bond donors (Lipinski definition) is 1. The van der Waals surface area contributed by atoms with Gasteiger partial charge in [-0.2, -0.15) is 0 Å². The van der Waals surface area contributed by atoms with Crippen LogP contribution in [0, 0.1) is 17.7 Å². The van der Waals surface area contributed by atoms with E-state index in [2.05, 4.69) is 24.0 Å². The molecule has 6 nitrogen and oxygen atoms in total. The summed E-state index contributed by atoms with van der Waals surface area (Å²) in [7, 11) is 0. The summed E-state index contributed by atoms with van der Waals surface area (Å²) < 4.78 is 14.4. The van der Waals surface area contributed by atoms with Crippen molar-refractivity contribution in [2.75, 3.05) is 24.7 Å². The molecule has 134 valence electrons. The lowest BCUT2D eigenvalue weighted by Gasteiger charge is -2.34. The molecule has 1 aromatic carbocycles. The fraction of sp³-hybridized carbons (Fsp3) is 0.471. The maximum absolute atomic E-state index is 13.0. The van der Waals surface area contributed by atoms with E-state index < -0.39 is 0 Å². The number of hydrogen-bond acceptors (Lipinski definition) is 5.